The van der Waals surface area contributed by atoms with E-state index in [0.717, 1.165) is 44.8 Å². The fourth-order valence-electron chi connectivity index (χ4n) is 2.63. The van der Waals surface area contributed by atoms with E-state index in [4.69, 9.17) is 4.74 Å². The van der Waals surface area contributed by atoms with Crippen molar-refractivity contribution in [2.45, 2.75) is 45.4 Å². The van der Waals surface area contributed by atoms with Gasteiger partial charge in [-0.15, -0.1) is 0 Å². The molecule has 0 amide bonds. The minimum absolute atomic E-state index is 0.168. The molecule has 1 saturated heterocycles. The first kappa shape index (κ1) is 14.5. The lowest BCUT2D eigenvalue weighted by Crippen LogP contribution is -2.45. The van der Waals surface area contributed by atoms with E-state index in [1.165, 1.54) is 0 Å². The lowest BCUT2D eigenvalue weighted by Gasteiger charge is -2.34. The predicted octanol–water partition coefficient (Wildman–Crippen LogP) is 1.44. The van der Waals surface area contributed by atoms with Crippen LogP contribution < -0.4 is 0 Å². The monoisotopic (exact) mass is 267 g/mol. The molecular weight excluding hydrogens is 242 g/mol. The molecule has 1 aliphatic rings. The Balaban J connectivity index is 2.01. The number of aromatic nitrogens is 2. The second-order valence-electron chi connectivity index (χ2n) is 5.13. The van der Waals surface area contributed by atoms with Crippen molar-refractivity contribution in [3.8, 4) is 0 Å². The summed E-state index contributed by atoms with van der Waals surface area (Å²) < 4.78 is 7.75. The molecule has 0 saturated carbocycles. The highest BCUT2D eigenvalue weighted by Crippen LogP contribution is 2.21. The highest BCUT2D eigenvalue weighted by molar-refractivity contribution is 5.00. The van der Waals surface area contributed by atoms with E-state index in [9.17, 15) is 5.11 Å². The van der Waals surface area contributed by atoms with Gasteiger partial charge in [-0.05, 0) is 19.4 Å². The maximum Gasteiger partial charge on any atom is 0.140 e. The van der Waals surface area contributed by atoms with Gasteiger partial charge in [0.25, 0.3) is 0 Å². The molecule has 0 aliphatic carbocycles. The van der Waals surface area contributed by atoms with Crippen LogP contribution >= 0.6 is 0 Å². The summed E-state index contributed by atoms with van der Waals surface area (Å²) in [4.78, 5) is 6.65. The van der Waals surface area contributed by atoms with E-state index in [2.05, 4.69) is 23.7 Å². The maximum absolute atomic E-state index is 10.5. The van der Waals surface area contributed by atoms with Crippen molar-refractivity contribution in [1.29, 1.82) is 0 Å². The van der Waals surface area contributed by atoms with Crippen molar-refractivity contribution in [1.82, 2.24) is 14.5 Å². The highest BCUT2D eigenvalue weighted by Gasteiger charge is 2.30. The molecule has 0 radical (unpaired) electrons. The quantitative estimate of drug-likeness (QED) is 0.847. The van der Waals surface area contributed by atoms with E-state index < -0.39 is 6.10 Å². The molecule has 108 valence electrons. The van der Waals surface area contributed by atoms with Crippen LogP contribution in [0, 0.1) is 0 Å². The average molecular weight is 267 g/mol. The third-order valence-corrected chi connectivity index (χ3v) is 3.55. The van der Waals surface area contributed by atoms with E-state index >= 15 is 0 Å². The molecule has 2 unspecified atom stereocenters. The largest absolute Gasteiger partial charge is 0.382 e. The fraction of sp³-hybridized carbons (Fsp3) is 0.786. The van der Waals surface area contributed by atoms with Gasteiger partial charge in [0, 0.05) is 32.0 Å². The van der Waals surface area contributed by atoms with E-state index in [1.807, 2.05) is 10.8 Å². The molecule has 1 aromatic rings. The molecule has 19 heavy (non-hydrogen) atoms. The Labute approximate surface area is 115 Å². The van der Waals surface area contributed by atoms with Gasteiger partial charge in [-0.25, -0.2) is 4.98 Å². The topological polar surface area (TPSA) is 50.5 Å². The predicted molar refractivity (Wildman–Crippen MR) is 73.9 cm³/mol. The zero-order valence-electron chi connectivity index (χ0n) is 12.0. The third-order valence-electron chi connectivity index (χ3n) is 3.55. The fourth-order valence-corrected chi connectivity index (χ4v) is 2.63. The highest BCUT2D eigenvalue weighted by atomic mass is 16.5. The van der Waals surface area contributed by atoms with Gasteiger partial charge in [0.05, 0.1) is 6.61 Å². The van der Waals surface area contributed by atoms with E-state index in [1.54, 1.807) is 6.20 Å². The van der Waals surface area contributed by atoms with Crippen LogP contribution in [0.5, 0.6) is 0 Å². The summed E-state index contributed by atoms with van der Waals surface area (Å²) in [5, 5.41) is 10.5. The Bertz CT molecular complexity index is 379. The summed E-state index contributed by atoms with van der Waals surface area (Å²) >= 11 is 0. The van der Waals surface area contributed by atoms with Gasteiger partial charge < -0.3 is 14.4 Å². The van der Waals surface area contributed by atoms with Gasteiger partial charge in [0.1, 0.15) is 18.0 Å². The molecule has 2 atom stereocenters. The lowest BCUT2D eigenvalue weighted by molar-refractivity contribution is -0.0931. The van der Waals surface area contributed by atoms with Crippen molar-refractivity contribution in [3.63, 3.8) is 0 Å². The summed E-state index contributed by atoms with van der Waals surface area (Å²) in [5.74, 6) is 0.727. The van der Waals surface area contributed by atoms with E-state index in [-0.39, 0.29) is 6.10 Å². The molecule has 1 N–H and O–H groups in total. The number of hydrogen-bond donors (Lipinski definition) is 1. The minimum atomic E-state index is -0.638. The van der Waals surface area contributed by atoms with Crippen molar-refractivity contribution in [2.75, 3.05) is 26.2 Å². The minimum Gasteiger partial charge on any atom is -0.382 e. The van der Waals surface area contributed by atoms with Crippen LogP contribution in [0.25, 0.3) is 0 Å². The van der Waals surface area contributed by atoms with Gasteiger partial charge in [-0.1, -0.05) is 13.8 Å². The molecule has 1 fully saturated rings. The maximum atomic E-state index is 10.5. The molecule has 2 rings (SSSR count). The van der Waals surface area contributed by atoms with Gasteiger partial charge in [0.15, 0.2) is 0 Å². The van der Waals surface area contributed by atoms with Crippen LogP contribution in [-0.4, -0.2) is 51.9 Å². The van der Waals surface area contributed by atoms with Crippen LogP contribution in [0.15, 0.2) is 12.4 Å². The second kappa shape index (κ2) is 7.03. The number of imidazole rings is 1. The molecule has 0 aromatic carbocycles. The van der Waals surface area contributed by atoms with Crippen LogP contribution in [-0.2, 0) is 11.3 Å². The third kappa shape index (κ3) is 3.55. The summed E-state index contributed by atoms with van der Waals surface area (Å²) in [7, 11) is 0. The molecule has 5 heteroatoms. The molecule has 1 aromatic heterocycles. The zero-order valence-corrected chi connectivity index (χ0v) is 12.0. The molecule has 0 bridgehead atoms. The Kier molecular flexibility index (Phi) is 5.36. The number of aliphatic hydroxyl groups is 1. The number of aryl methyl sites for hydroxylation is 1. The first-order valence-corrected chi connectivity index (χ1v) is 7.29. The Hall–Kier alpha value is -0.910. The number of hydrogen-bond acceptors (Lipinski definition) is 4. The standard InChI is InChI=1S/C14H25N3O2/c1-3-6-16-9-10-19-12(11-16)13(18)14-15-5-8-17(14)7-4-2/h5,8,12-13,18H,3-4,6-7,9-11H2,1-2H3. The van der Waals surface area contributed by atoms with Crippen LogP contribution in [0.4, 0.5) is 0 Å². The number of aliphatic hydroxyl groups excluding tert-OH is 1. The van der Waals surface area contributed by atoms with Crippen molar-refractivity contribution in [2.24, 2.45) is 0 Å². The summed E-state index contributed by atoms with van der Waals surface area (Å²) in [5.41, 5.74) is 0. The van der Waals surface area contributed by atoms with Gasteiger partial charge >= 0.3 is 0 Å². The normalized spacial score (nSPS) is 22.6. The lowest BCUT2D eigenvalue weighted by atomic mass is 10.1. The molecule has 5 nitrogen and oxygen atoms in total. The Morgan fingerprint density at radius 3 is 2.95 bits per heavy atom. The van der Waals surface area contributed by atoms with Crippen LogP contribution in [0.1, 0.15) is 38.6 Å². The number of morpholine rings is 1. The second-order valence-corrected chi connectivity index (χ2v) is 5.13. The molecular formula is C14H25N3O2. The summed E-state index contributed by atoms with van der Waals surface area (Å²) in [6, 6.07) is 0. The number of nitrogens with zero attached hydrogens (tertiary/aromatic N) is 3. The van der Waals surface area contributed by atoms with Gasteiger partial charge in [0.2, 0.25) is 0 Å². The van der Waals surface area contributed by atoms with Gasteiger partial charge in [-0.2, -0.15) is 0 Å². The molecule has 2 heterocycles. The summed E-state index contributed by atoms with van der Waals surface area (Å²) in [6.45, 7) is 8.68. The average Bonchev–Trinajstić information content (AvgIpc) is 2.87. The van der Waals surface area contributed by atoms with Crippen molar-refractivity contribution < 1.29 is 9.84 Å². The number of rotatable bonds is 6. The first-order chi connectivity index (χ1) is 9.26. The summed E-state index contributed by atoms with van der Waals surface area (Å²) in [6.07, 6.45) is 5.03. The van der Waals surface area contributed by atoms with Crippen LogP contribution in [0.3, 0.4) is 0 Å². The number of ether oxygens (including phenoxy) is 1. The molecule has 1 aliphatic heterocycles. The van der Waals surface area contributed by atoms with Crippen LogP contribution in [0.2, 0.25) is 0 Å². The van der Waals surface area contributed by atoms with E-state index in [0.29, 0.717) is 6.61 Å². The smallest absolute Gasteiger partial charge is 0.140 e. The SMILES string of the molecule is CCCN1CCOC(C(O)c2nccn2CCC)C1. The van der Waals surface area contributed by atoms with Crippen molar-refractivity contribution in [3.05, 3.63) is 18.2 Å². The Morgan fingerprint density at radius 2 is 2.21 bits per heavy atom. The Morgan fingerprint density at radius 1 is 1.42 bits per heavy atom. The molecule has 0 spiro atoms. The zero-order chi connectivity index (χ0) is 13.7. The first-order valence-electron chi connectivity index (χ1n) is 7.29. The van der Waals surface area contributed by atoms with Crippen molar-refractivity contribution >= 4 is 0 Å². The van der Waals surface area contributed by atoms with Gasteiger partial charge in [-0.3, -0.25) is 4.90 Å².